The maximum absolute atomic E-state index is 13.0. The van der Waals surface area contributed by atoms with Crippen molar-refractivity contribution in [2.24, 2.45) is 5.92 Å². The van der Waals surface area contributed by atoms with Gasteiger partial charge in [-0.3, -0.25) is 14.4 Å². The zero-order valence-corrected chi connectivity index (χ0v) is 20.5. The first-order chi connectivity index (χ1) is 16.1. The molecular formula is C23H31N5O5S. The predicted octanol–water partition coefficient (Wildman–Crippen LogP) is 1.46. The summed E-state index contributed by atoms with van der Waals surface area (Å²) in [5.74, 6) is -0.483. The van der Waals surface area contributed by atoms with Gasteiger partial charge in [0.15, 0.2) is 0 Å². The summed E-state index contributed by atoms with van der Waals surface area (Å²) < 4.78 is 28.0. The number of carbonyl (C=O) groups excluding carboxylic acids is 2. The van der Waals surface area contributed by atoms with Crippen molar-refractivity contribution in [3.63, 3.8) is 0 Å². The minimum atomic E-state index is -3.76. The maximum atomic E-state index is 13.0. The Labute approximate surface area is 199 Å². The number of hydrogen-bond acceptors (Lipinski definition) is 6. The van der Waals surface area contributed by atoms with Crippen LogP contribution in [0.15, 0.2) is 46.2 Å². The van der Waals surface area contributed by atoms with Crippen molar-refractivity contribution in [3.05, 3.63) is 52.6 Å². The fourth-order valence-electron chi connectivity index (χ4n) is 4.00. The van der Waals surface area contributed by atoms with Crippen LogP contribution in [-0.4, -0.2) is 65.2 Å². The van der Waals surface area contributed by atoms with Crippen molar-refractivity contribution < 1.29 is 18.0 Å². The lowest BCUT2D eigenvalue weighted by Crippen LogP contribution is -2.45. The number of pyridine rings is 2. The summed E-state index contributed by atoms with van der Waals surface area (Å²) >= 11 is 0. The van der Waals surface area contributed by atoms with Crippen molar-refractivity contribution in [1.29, 1.82) is 0 Å². The Morgan fingerprint density at radius 3 is 2.59 bits per heavy atom. The predicted molar refractivity (Wildman–Crippen MR) is 128 cm³/mol. The molecule has 1 aliphatic rings. The van der Waals surface area contributed by atoms with Crippen molar-refractivity contribution in [1.82, 2.24) is 18.8 Å². The van der Waals surface area contributed by atoms with E-state index in [2.05, 4.69) is 10.3 Å². The Bertz CT molecular complexity index is 1210. The number of piperidine rings is 1. The van der Waals surface area contributed by atoms with Crippen LogP contribution in [0.25, 0.3) is 0 Å². The number of nitrogens with zero attached hydrogens (tertiary/aromatic N) is 4. The molecule has 1 unspecified atom stereocenters. The van der Waals surface area contributed by atoms with Crippen LogP contribution in [0.4, 0.5) is 5.82 Å². The summed E-state index contributed by atoms with van der Waals surface area (Å²) in [6.45, 7) is 6.30. The smallest absolute Gasteiger partial charge is 0.251 e. The highest BCUT2D eigenvalue weighted by Crippen LogP contribution is 2.19. The maximum Gasteiger partial charge on any atom is 0.251 e. The fraction of sp³-hybridized carbons (Fsp3) is 0.478. The number of amides is 2. The van der Waals surface area contributed by atoms with Crippen LogP contribution in [0.3, 0.4) is 0 Å². The largest absolute Gasteiger partial charge is 0.340 e. The first kappa shape index (κ1) is 25.6. The normalized spacial score (nSPS) is 16.5. The molecule has 2 aromatic heterocycles. The summed E-state index contributed by atoms with van der Waals surface area (Å²) in [6.07, 6.45) is 2.50. The number of likely N-dealkylation sites (tertiary alicyclic amines) is 1. The van der Waals surface area contributed by atoms with E-state index in [1.165, 1.54) is 16.6 Å². The molecule has 1 aliphatic heterocycles. The average molecular weight is 490 g/mol. The highest BCUT2D eigenvalue weighted by molar-refractivity contribution is 7.89. The van der Waals surface area contributed by atoms with Crippen LogP contribution in [0.2, 0.25) is 0 Å². The number of aryl methyl sites for hydroxylation is 1. The lowest BCUT2D eigenvalue weighted by molar-refractivity contribution is -0.135. The van der Waals surface area contributed by atoms with Gasteiger partial charge in [-0.2, -0.15) is 4.31 Å². The number of sulfonamides is 1. The topological polar surface area (TPSA) is 122 Å². The molecule has 1 N–H and O–H groups in total. The van der Waals surface area contributed by atoms with Gasteiger partial charge in [-0.1, -0.05) is 19.9 Å². The van der Waals surface area contributed by atoms with Crippen LogP contribution in [0.1, 0.15) is 32.4 Å². The molecule has 0 aromatic carbocycles. The van der Waals surface area contributed by atoms with Gasteiger partial charge in [0, 0.05) is 44.1 Å². The van der Waals surface area contributed by atoms with Gasteiger partial charge in [-0.25, -0.2) is 13.4 Å². The molecule has 0 spiro atoms. The summed E-state index contributed by atoms with van der Waals surface area (Å²) in [5, 5.41) is 2.80. The second kappa shape index (κ2) is 10.9. The van der Waals surface area contributed by atoms with Crippen LogP contribution in [0, 0.1) is 12.8 Å². The minimum absolute atomic E-state index is 0.0369. The van der Waals surface area contributed by atoms with Gasteiger partial charge in [-0.05, 0) is 38.0 Å². The molecule has 1 fully saturated rings. The number of nitrogens with one attached hydrogen (secondary N) is 1. The second-order valence-corrected chi connectivity index (χ2v) is 10.2. The Balaban J connectivity index is 1.70. The highest BCUT2D eigenvalue weighted by atomic mass is 32.2. The number of rotatable bonds is 8. The molecule has 3 rings (SSSR count). The zero-order chi connectivity index (χ0) is 24.9. The zero-order valence-electron chi connectivity index (χ0n) is 19.7. The summed E-state index contributed by atoms with van der Waals surface area (Å²) in [7, 11) is -3.76. The molecule has 1 saturated heterocycles. The molecule has 0 bridgehead atoms. The van der Waals surface area contributed by atoms with E-state index in [-0.39, 0.29) is 29.8 Å². The highest BCUT2D eigenvalue weighted by Gasteiger charge is 2.29. The molecule has 0 aliphatic carbocycles. The molecule has 0 saturated carbocycles. The Kier molecular flexibility index (Phi) is 8.21. The summed E-state index contributed by atoms with van der Waals surface area (Å²) in [5.41, 5.74) is 0.317. The first-order valence-corrected chi connectivity index (χ1v) is 12.8. The molecule has 11 heteroatoms. The standard InChI is InChI=1S/C23H31N5O5S/c1-4-28(5-2)34(32,33)19-11-12-21(29)27(15-19)16-22(30)26-13-7-9-18(14-26)23(31)25-20-10-6-8-17(3)24-20/h6,8,10-12,15,18H,4-5,7,9,13-14,16H2,1-3H3,(H,24,25,31). The van der Waals surface area contributed by atoms with E-state index in [1.807, 2.05) is 13.0 Å². The van der Waals surface area contributed by atoms with E-state index in [9.17, 15) is 22.8 Å². The Morgan fingerprint density at radius 2 is 1.91 bits per heavy atom. The molecule has 2 aromatic rings. The van der Waals surface area contributed by atoms with Gasteiger partial charge in [0.2, 0.25) is 21.8 Å². The van der Waals surface area contributed by atoms with E-state index in [4.69, 9.17) is 0 Å². The van der Waals surface area contributed by atoms with Gasteiger partial charge in [0.05, 0.1) is 10.8 Å². The number of aromatic nitrogens is 2. The molecule has 34 heavy (non-hydrogen) atoms. The van der Waals surface area contributed by atoms with Crippen LogP contribution in [-0.2, 0) is 26.2 Å². The van der Waals surface area contributed by atoms with Crippen molar-refractivity contribution in [2.75, 3.05) is 31.5 Å². The quantitative estimate of drug-likeness (QED) is 0.599. The molecule has 0 radical (unpaired) electrons. The van der Waals surface area contributed by atoms with Crippen LogP contribution >= 0.6 is 0 Å². The third-order valence-corrected chi connectivity index (χ3v) is 7.92. The lowest BCUT2D eigenvalue weighted by atomic mass is 9.97. The monoisotopic (exact) mass is 489 g/mol. The third kappa shape index (κ3) is 5.89. The first-order valence-electron chi connectivity index (χ1n) is 11.4. The van der Waals surface area contributed by atoms with Gasteiger partial charge in [0.25, 0.3) is 5.56 Å². The van der Waals surface area contributed by atoms with Gasteiger partial charge >= 0.3 is 0 Å². The van der Waals surface area contributed by atoms with Crippen LogP contribution < -0.4 is 10.9 Å². The van der Waals surface area contributed by atoms with E-state index < -0.39 is 21.5 Å². The lowest BCUT2D eigenvalue weighted by Gasteiger charge is -2.32. The molecule has 2 amide bonds. The second-order valence-electron chi connectivity index (χ2n) is 8.25. The van der Waals surface area contributed by atoms with Crippen LogP contribution in [0.5, 0.6) is 0 Å². The fourth-order valence-corrected chi connectivity index (χ4v) is 5.48. The van der Waals surface area contributed by atoms with Crippen molar-refractivity contribution in [3.8, 4) is 0 Å². The van der Waals surface area contributed by atoms with Gasteiger partial charge in [0.1, 0.15) is 12.4 Å². The molecule has 3 heterocycles. The number of hydrogen-bond donors (Lipinski definition) is 1. The van der Waals surface area contributed by atoms with E-state index in [0.717, 1.165) is 16.3 Å². The van der Waals surface area contributed by atoms with E-state index >= 15 is 0 Å². The van der Waals surface area contributed by atoms with Crippen molar-refractivity contribution >= 4 is 27.7 Å². The SMILES string of the molecule is CCN(CC)S(=O)(=O)c1ccc(=O)n(CC(=O)N2CCCC(C(=O)Nc3cccc(C)n3)C2)c1. The summed E-state index contributed by atoms with van der Waals surface area (Å²) in [4.78, 5) is 43.8. The van der Waals surface area contributed by atoms with Gasteiger partial charge in [-0.15, -0.1) is 0 Å². The summed E-state index contributed by atoms with van der Waals surface area (Å²) in [6, 6.07) is 7.77. The molecular weight excluding hydrogens is 458 g/mol. The Morgan fingerprint density at radius 1 is 1.18 bits per heavy atom. The Hall–Kier alpha value is -3.05. The van der Waals surface area contributed by atoms with E-state index in [0.29, 0.717) is 38.3 Å². The minimum Gasteiger partial charge on any atom is -0.340 e. The molecule has 10 nitrogen and oxygen atoms in total. The van der Waals surface area contributed by atoms with E-state index in [1.54, 1.807) is 30.9 Å². The van der Waals surface area contributed by atoms with Crippen molar-refractivity contribution in [2.45, 2.75) is 45.1 Å². The molecule has 184 valence electrons. The molecule has 1 atom stereocenters. The third-order valence-electron chi connectivity index (χ3n) is 5.89. The van der Waals surface area contributed by atoms with Gasteiger partial charge < -0.3 is 14.8 Å². The number of carbonyl (C=O) groups is 2. The number of anilines is 1. The average Bonchev–Trinajstić information content (AvgIpc) is 2.81.